The molecule has 1 N–H and O–H groups in total. The number of pyridine rings is 1. The molecule has 0 aliphatic carbocycles. The maximum atomic E-state index is 13.2. The topological polar surface area (TPSA) is 84.8 Å². The molecule has 0 unspecified atom stereocenters. The fraction of sp³-hybridized carbons (Fsp3) is 0.190. The van der Waals surface area contributed by atoms with E-state index in [1.165, 1.54) is 12.1 Å². The number of nitrogens with zero attached hydrogens (tertiary/aromatic N) is 4. The number of aromatic amines is 1. The fourth-order valence-corrected chi connectivity index (χ4v) is 3.49. The molecule has 1 atom stereocenters. The van der Waals surface area contributed by atoms with E-state index in [9.17, 15) is 9.18 Å². The number of hydrogen-bond acceptors (Lipinski definition) is 5. The second kappa shape index (κ2) is 7.60. The van der Waals surface area contributed by atoms with Gasteiger partial charge in [-0.05, 0) is 42.5 Å². The number of rotatable bonds is 5. The van der Waals surface area contributed by atoms with Crippen LogP contribution < -0.4 is 9.64 Å². The summed E-state index contributed by atoms with van der Waals surface area (Å²) in [4.78, 5) is 18.2. The van der Waals surface area contributed by atoms with Crippen LogP contribution in [0.5, 0.6) is 5.75 Å². The summed E-state index contributed by atoms with van der Waals surface area (Å²) in [5.74, 6) is 0.0892. The van der Waals surface area contributed by atoms with Gasteiger partial charge in [0.1, 0.15) is 30.8 Å². The number of nitrogens with one attached hydrogen (secondary N) is 1. The second-order valence-corrected chi connectivity index (χ2v) is 6.89. The Hall–Kier alpha value is -3.72. The summed E-state index contributed by atoms with van der Waals surface area (Å²) >= 11 is 0. The molecule has 9 heteroatoms. The van der Waals surface area contributed by atoms with Gasteiger partial charge in [-0.25, -0.2) is 9.37 Å². The number of amides is 1. The minimum absolute atomic E-state index is 0.0533. The molecule has 1 amide bonds. The standard InChI is InChI=1S/C21H18FN5O3/c22-14-1-3-15(4-2-14)27-11-16(29-13-20(27)28)12-30-19-6-5-18(17-7-8-24-25-17)26-10-9-23-21(19)26/h1-10,16H,11-13H2,(H,24,25)/t16-/m0/s1. The van der Waals surface area contributed by atoms with E-state index in [4.69, 9.17) is 9.47 Å². The smallest absolute Gasteiger partial charge is 0.253 e. The lowest BCUT2D eigenvalue weighted by Crippen LogP contribution is -2.48. The summed E-state index contributed by atoms with van der Waals surface area (Å²) < 4.78 is 26.7. The predicted molar refractivity (Wildman–Crippen MR) is 107 cm³/mol. The minimum atomic E-state index is -0.346. The van der Waals surface area contributed by atoms with Gasteiger partial charge in [0.05, 0.1) is 12.2 Å². The molecule has 1 aliphatic heterocycles. The van der Waals surface area contributed by atoms with Crippen LogP contribution in [-0.2, 0) is 9.53 Å². The summed E-state index contributed by atoms with van der Waals surface area (Å²) in [5.41, 5.74) is 2.98. The Labute approximate surface area is 170 Å². The number of benzene rings is 1. The van der Waals surface area contributed by atoms with Gasteiger partial charge >= 0.3 is 0 Å². The van der Waals surface area contributed by atoms with Crippen LogP contribution >= 0.6 is 0 Å². The molecule has 0 radical (unpaired) electrons. The Morgan fingerprint density at radius 2 is 2.07 bits per heavy atom. The highest BCUT2D eigenvalue weighted by Crippen LogP contribution is 2.26. The molecule has 30 heavy (non-hydrogen) atoms. The van der Waals surface area contributed by atoms with E-state index in [1.807, 2.05) is 28.8 Å². The molecule has 152 valence electrons. The molecule has 4 heterocycles. The summed E-state index contributed by atoms with van der Waals surface area (Å²) in [6.45, 7) is 0.512. The van der Waals surface area contributed by atoms with Gasteiger partial charge in [0, 0.05) is 24.3 Å². The summed E-state index contributed by atoms with van der Waals surface area (Å²) in [6.07, 6.45) is 4.98. The maximum Gasteiger partial charge on any atom is 0.253 e. The van der Waals surface area contributed by atoms with E-state index in [2.05, 4.69) is 15.2 Å². The predicted octanol–water partition coefficient (Wildman–Crippen LogP) is 2.67. The maximum absolute atomic E-state index is 13.2. The monoisotopic (exact) mass is 407 g/mol. The van der Waals surface area contributed by atoms with E-state index in [1.54, 1.807) is 29.4 Å². The van der Waals surface area contributed by atoms with E-state index in [0.29, 0.717) is 23.6 Å². The van der Waals surface area contributed by atoms with Gasteiger partial charge in [0.15, 0.2) is 11.4 Å². The van der Waals surface area contributed by atoms with Crippen molar-refractivity contribution in [2.24, 2.45) is 0 Å². The molecule has 4 aromatic rings. The van der Waals surface area contributed by atoms with Crippen molar-refractivity contribution < 1.29 is 18.7 Å². The van der Waals surface area contributed by atoms with Crippen LogP contribution in [0.25, 0.3) is 17.0 Å². The highest BCUT2D eigenvalue weighted by molar-refractivity contribution is 5.94. The number of anilines is 1. The Morgan fingerprint density at radius 1 is 1.20 bits per heavy atom. The van der Waals surface area contributed by atoms with Gasteiger partial charge in [-0.2, -0.15) is 5.10 Å². The van der Waals surface area contributed by atoms with Crippen molar-refractivity contribution in [2.75, 3.05) is 24.7 Å². The summed E-state index contributed by atoms with van der Waals surface area (Å²) in [5, 5.41) is 7.03. The van der Waals surface area contributed by atoms with Crippen LogP contribution in [0, 0.1) is 5.82 Å². The SMILES string of the molecule is O=C1CO[C@H](COc2ccc(-c3cc[nH]n3)n3ccnc23)CN1c1ccc(F)cc1. The number of aromatic nitrogens is 4. The Bertz CT molecular complexity index is 1170. The number of H-pyrrole nitrogens is 1. The summed E-state index contributed by atoms with van der Waals surface area (Å²) in [6, 6.07) is 11.5. The molecular weight excluding hydrogens is 389 g/mol. The molecule has 3 aromatic heterocycles. The van der Waals surface area contributed by atoms with Crippen molar-refractivity contribution in [1.29, 1.82) is 0 Å². The molecule has 1 aromatic carbocycles. The van der Waals surface area contributed by atoms with Gasteiger partial charge in [-0.1, -0.05) is 0 Å². The number of hydrogen-bond donors (Lipinski definition) is 1. The first kappa shape index (κ1) is 18.3. The van der Waals surface area contributed by atoms with Crippen LogP contribution in [0.2, 0.25) is 0 Å². The molecule has 8 nitrogen and oxygen atoms in total. The van der Waals surface area contributed by atoms with Gasteiger partial charge in [0.2, 0.25) is 0 Å². The van der Waals surface area contributed by atoms with E-state index < -0.39 is 0 Å². The van der Waals surface area contributed by atoms with Gasteiger partial charge in [-0.15, -0.1) is 0 Å². The normalized spacial score (nSPS) is 16.9. The third kappa shape index (κ3) is 3.39. The zero-order valence-electron chi connectivity index (χ0n) is 15.9. The Morgan fingerprint density at radius 3 is 2.87 bits per heavy atom. The van der Waals surface area contributed by atoms with Crippen LogP contribution in [0.4, 0.5) is 10.1 Å². The molecule has 1 saturated heterocycles. The lowest BCUT2D eigenvalue weighted by Gasteiger charge is -2.32. The average molecular weight is 407 g/mol. The Kier molecular flexibility index (Phi) is 4.64. The quantitative estimate of drug-likeness (QED) is 0.550. The van der Waals surface area contributed by atoms with Crippen LogP contribution in [-0.4, -0.2) is 51.4 Å². The molecule has 0 bridgehead atoms. The Balaban J connectivity index is 1.32. The molecule has 0 spiro atoms. The van der Waals surface area contributed by atoms with Crippen molar-refractivity contribution in [3.8, 4) is 17.1 Å². The number of ether oxygens (including phenoxy) is 2. The number of carbonyl (C=O) groups is 1. The van der Waals surface area contributed by atoms with Gasteiger partial charge in [0.25, 0.3) is 5.91 Å². The number of fused-ring (bicyclic) bond motifs is 1. The highest BCUT2D eigenvalue weighted by Gasteiger charge is 2.28. The van der Waals surface area contributed by atoms with Gasteiger partial charge < -0.3 is 14.4 Å². The van der Waals surface area contributed by atoms with Crippen LogP contribution in [0.3, 0.4) is 0 Å². The number of halogens is 1. The van der Waals surface area contributed by atoms with Crippen molar-refractivity contribution in [3.05, 3.63) is 66.9 Å². The van der Waals surface area contributed by atoms with E-state index in [0.717, 1.165) is 11.4 Å². The van der Waals surface area contributed by atoms with E-state index >= 15 is 0 Å². The first-order valence-electron chi connectivity index (χ1n) is 9.45. The van der Waals surface area contributed by atoms with Crippen molar-refractivity contribution in [3.63, 3.8) is 0 Å². The third-order valence-corrected chi connectivity index (χ3v) is 4.97. The molecule has 0 saturated carbocycles. The highest BCUT2D eigenvalue weighted by atomic mass is 19.1. The fourth-order valence-electron chi connectivity index (χ4n) is 3.49. The molecule has 1 aliphatic rings. The number of imidazole rings is 1. The minimum Gasteiger partial charge on any atom is -0.487 e. The van der Waals surface area contributed by atoms with E-state index in [-0.39, 0.29) is 31.0 Å². The lowest BCUT2D eigenvalue weighted by molar-refractivity contribution is -0.130. The first-order chi connectivity index (χ1) is 14.7. The molecular formula is C21H18FN5O3. The molecule has 5 rings (SSSR count). The van der Waals surface area contributed by atoms with Crippen molar-refractivity contribution >= 4 is 17.2 Å². The van der Waals surface area contributed by atoms with Crippen molar-refractivity contribution in [1.82, 2.24) is 19.6 Å². The lowest BCUT2D eigenvalue weighted by atomic mass is 10.2. The molecule has 1 fully saturated rings. The number of carbonyl (C=O) groups excluding carboxylic acids is 1. The number of morpholine rings is 1. The van der Waals surface area contributed by atoms with Gasteiger partial charge in [-0.3, -0.25) is 14.3 Å². The zero-order chi connectivity index (χ0) is 20.5. The van der Waals surface area contributed by atoms with Crippen LogP contribution in [0.15, 0.2) is 61.1 Å². The third-order valence-electron chi connectivity index (χ3n) is 4.97. The first-order valence-corrected chi connectivity index (χ1v) is 9.45. The van der Waals surface area contributed by atoms with Crippen LogP contribution in [0.1, 0.15) is 0 Å². The zero-order valence-corrected chi connectivity index (χ0v) is 15.9. The largest absolute Gasteiger partial charge is 0.487 e. The summed E-state index contributed by atoms with van der Waals surface area (Å²) in [7, 11) is 0. The second-order valence-electron chi connectivity index (χ2n) is 6.89. The van der Waals surface area contributed by atoms with Crippen molar-refractivity contribution in [2.45, 2.75) is 6.10 Å². The average Bonchev–Trinajstić information content (AvgIpc) is 3.46.